The van der Waals surface area contributed by atoms with E-state index in [2.05, 4.69) is 15.5 Å². The average molecular weight is 357 g/mol. The summed E-state index contributed by atoms with van der Waals surface area (Å²) in [6, 6.07) is 8.88. The van der Waals surface area contributed by atoms with E-state index in [0.717, 1.165) is 25.1 Å². The number of para-hydroxylation sites is 1. The van der Waals surface area contributed by atoms with Gasteiger partial charge in [-0.05, 0) is 49.7 Å². The van der Waals surface area contributed by atoms with Crippen molar-refractivity contribution in [3.63, 3.8) is 0 Å². The smallest absolute Gasteiger partial charge is 0.319 e. The van der Waals surface area contributed by atoms with Crippen LogP contribution in [0.25, 0.3) is 0 Å². The second-order valence-corrected chi connectivity index (χ2v) is 7.97. The number of amides is 3. The Bertz CT molecular complexity index is 615. The summed E-state index contributed by atoms with van der Waals surface area (Å²) in [5, 5.41) is 5.74. The number of nitrogens with one attached hydrogen (secondary N) is 2. The monoisotopic (exact) mass is 357 g/mol. The van der Waals surface area contributed by atoms with Crippen molar-refractivity contribution in [2.75, 3.05) is 11.9 Å². The Morgan fingerprint density at radius 3 is 2.46 bits per heavy atom. The number of urea groups is 1. The molecule has 1 aromatic carbocycles. The van der Waals surface area contributed by atoms with E-state index in [1.54, 1.807) is 0 Å². The topological polar surface area (TPSA) is 61.4 Å². The maximum absolute atomic E-state index is 13.3. The Morgan fingerprint density at radius 1 is 1.04 bits per heavy atom. The van der Waals surface area contributed by atoms with Crippen LogP contribution in [0.3, 0.4) is 0 Å². The molecule has 1 saturated heterocycles. The standard InChI is InChI=1S/C21H31N3O2/c1-15(2)19(23-21(26)22-17-11-4-3-5-12-17)20(25)24-14-8-10-16-9-6-7-13-18(16)24/h3-5,11-12,15-16,18-19H,6-10,13-14H2,1-2H3,(H2,22,23,26)/t16-,18+,19-/m0/s1. The van der Waals surface area contributed by atoms with Crippen LogP contribution in [0, 0.1) is 11.8 Å². The van der Waals surface area contributed by atoms with E-state index < -0.39 is 6.04 Å². The summed E-state index contributed by atoms with van der Waals surface area (Å²) in [6.07, 6.45) is 7.16. The van der Waals surface area contributed by atoms with Gasteiger partial charge in [0, 0.05) is 18.3 Å². The number of benzene rings is 1. The molecule has 0 radical (unpaired) electrons. The molecule has 1 aliphatic heterocycles. The van der Waals surface area contributed by atoms with E-state index in [-0.39, 0.29) is 17.9 Å². The molecule has 2 N–H and O–H groups in total. The molecule has 2 aliphatic rings. The molecule has 0 bridgehead atoms. The van der Waals surface area contributed by atoms with Gasteiger partial charge in [-0.3, -0.25) is 4.79 Å². The molecule has 3 amide bonds. The number of likely N-dealkylation sites (tertiary alicyclic amines) is 1. The fourth-order valence-corrected chi connectivity index (χ4v) is 4.42. The SMILES string of the molecule is CC(C)[C@H](NC(=O)Nc1ccccc1)C(=O)N1CCC[C@@H]2CCCC[C@H]21. The zero-order chi connectivity index (χ0) is 18.5. The first-order valence-corrected chi connectivity index (χ1v) is 9.99. The van der Waals surface area contributed by atoms with E-state index in [1.165, 1.54) is 25.7 Å². The van der Waals surface area contributed by atoms with Gasteiger partial charge in [0.05, 0.1) is 0 Å². The Labute approximate surface area is 156 Å². The predicted molar refractivity (Wildman–Crippen MR) is 104 cm³/mol. The predicted octanol–water partition coefficient (Wildman–Crippen LogP) is 4.01. The fraction of sp³-hybridized carbons (Fsp3) is 0.619. The van der Waals surface area contributed by atoms with Crippen molar-refractivity contribution < 1.29 is 9.59 Å². The molecule has 0 aromatic heterocycles. The molecule has 1 aliphatic carbocycles. The summed E-state index contributed by atoms with van der Waals surface area (Å²) in [5.41, 5.74) is 0.727. The molecule has 5 heteroatoms. The van der Waals surface area contributed by atoms with Gasteiger partial charge in [-0.15, -0.1) is 0 Å². The van der Waals surface area contributed by atoms with Gasteiger partial charge < -0.3 is 15.5 Å². The van der Waals surface area contributed by atoms with E-state index in [4.69, 9.17) is 0 Å². The molecule has 0 unspecified atom stereocenters. The van der Waals surface area contributed by atoms with Crippen LogP contribution in [0.1, 0.15) is 52.4 Å². The largest absolute Gasteiger partial charge is 0.338 e. The quantitative estimate of drug-likeness (QED) is 0.855. The number of carbonyl (C=O) groups is 2. The number of fused-ring (bicyclic) bond motifs is 1. The minimum atomic E-state index is -0.487. The number of hydrogen-bond acceptors (Lipinski definition) is 2. The lowest BCUT2D eigenvalue weighted by atomic mass is 9.78. The third kappa shape index (κ3) is 4.37. The molecule has 5 nitrogen and oxygen atoms in total. The number of nitrogens with zero attached hydrogens (tertiary/aromatic N) is 1. The van der Waals surface area contributed by atoms with Crippen LogP contribution in [0.5, 0.6) is 0 Å². The number of hydrogen-bond donors (Lipinski definition) is 2. The number of carbonyl (C=O) groups excluding carboxylic acids is 2. The lowest BCUT2D eigenvalue weighted by Crippen LogP contribution is -2.58. The van der Waals surface area contributed by atoms with Gasteiger partial charge in [0.1, 0.15) is 6.04 Å². The van der Waals surface area contributed by atoms with Crippen LogP contribution in [0.4, 0.5) is 10.5 Å². The minimum absolute atomic E-state index is 0.0491. The first kappa shape index (κ1) is 18.7. The summed E-state index contributed by atoms with van der Waals surface area (Å²) in [6.45, 7) is 4.81. The van der Waals surface area contributed by atoms with Crippen molar-refractivity contribution in [3.05, 3.63) is 30.3 Å². The maximum atomic E-state index is 13.3. The Hall–Kier alpha value is -2.04. The highest BCUT2D eigenvalue weighted by atomic mass is 16.2. The van der Waals surface area contributed by atoms with Gasteiger partial charge in [-0.25, -0.2) is 4.79 Å². The summed E-state index contributed by atoms with van der Waals surface area (Å²) >= 11 is 0. The third-order valence-corrected chi connectivity index (χ3v) is 5.78. The summed E-state index contributed by atoms with van der Waals surface area (Å²) in [7, 11) is 0. The molecule has 3 rings (SSSR count). The minimum Gasteiger partial charge on any atom is -0.338 e. The first-order chi connectivity index (χ1) is 12.6. The molecule has 1 saturated carbocycles. The van der Waals surface area contributed by atoms with Crippen molar-refractivity contribution in [1.29, 1.82) is 0 Å². The van der Waals surface area contributed by atoms with Crippen LogP contribution in [-0.4, -0.2) is 35.5 Å². The van der Waals surface area contributed by atoms with Crippen LogP contribution in [0.15, 0.2) is 30.3 Å². The van der Waals surface area contributed by atoms with Crippen LogP contribution in [-0.2, 0) is 4.79 Å². The van der Waals surface area contributed by atoms with Gasteiger partial charge >= 0.3 is 6.03 Å². The molecule has 1 aromatic rings. The molecular weight excluding hydrogens is 326 g/mol. The molecule has 142 valence electrons. The van der Waals surface area contributed by atoms with Gasteiger partial charge in [0.15, 0.2) is 0 Å². The zero-order valence-corrected chi connectivity index (χ0v) is 15.9. The van der Waals surface area contributed by atoms with E-state index in [9.17, 15) is 9.59 Å². The third-order valence-electron chi connectivity index (χ3n) is 5.78. The van der Waals surface area contributed by atoms with Crippen molar-refractivity contribution in [2.45, 2.75) is 64.5 Å². The molecular formula is C21H31N3O2. The average Bonchev–Trinajstić information content (AvgIpc) is 2.65. The normalized spacial score (nSPS) is 23.9. The highest BCUT2D eigenvalue weighted by molar-refractivity contribution is 5.94. The molecule has 26 heavy (non-hydrogen) atoms. The first-order valence-electron chi connectivity index (χ1n) is 9.99. The van der Waals surface area contributed by atoms with Gasteiger partial charge in [-0.2, -0.15) is 0 Å². The zero-order valence-electron chi connectivity index (χ0n) is 15.9. The number of piperidine rings is 1. The summed E-state index contributed by atoms with van der Waals surface area (Å²) in [4.78, 5) is 27.7. The molecule has 0 spiro atoms. The van der Waals surface area contributed by atoms with Gasteiger partial charge in [0.25, 0.3) is 0 Å². The highest BCUT2D eigenvalue weighted by Crippen LogP contribution is 2.35. The van der Waals surface area contributed by atoms with Gasteiger partial charge in [-0.1, -0.05) is 44.9 Å². The van der Waals surface area contributed by atoms with Crippen molar-refractivity contribution in [3.8, 4) is 0 Å². The Morgan fingerprint density at radius 2 is 1.73 bits per heavy atom. The van der Waals surface area contributed by atoms with Gasteiger partial charge in [0.2, 0.25) is 5.91 Å². The summed E-state index contributed by atoms with van der Waals surface area (Å²) < 4.78 is 0. The van der Waals surface area contributed by atoms with Crippen LogP contribution in [0.2, 0.25) is 0 Å². The molecule has 1 heterocycles. The highest BCUT2D eigenvalue weighted by Gasteiger charge is 2.39. The second kappa shape index (κ2) is 8.56. The summed E-state index contributed by atoms with van der Waals surface area (Å²) in [5.74, 6) is 0.778. The lowest BCUT2D eigenvalue weighted by molar-refractivity contribution is -0.140. The maximum Gasteiger partial charge on any atom is 0.319 e. The second-order valence-electron chi connectivity index (χ2n) is 7.97. The Kier molecular flexibility index (Phi) is 6.17. The van der Waals surface area contributed by atoms with Crippen LogP contribution < -0.4 is 10.6 Å². The van der Waals surface area contributed by atoms with E-state index in [0.29, 0.717) is 12.0 Å². The fourth-order valence-electron chi connectivity index (χ4n) is 4.42. The number of rotatable bonds is 4. The van der Waals surface area contributed by atoms with Crippen molar-refractivity contribution in [1.82, 2.24) is 10.2 Å². The molecule has 3 atom stereocenters. The van der Waals surface area contributed by atoms with Crippen molar-refractivity contribution in [2.24, 2.45) is 11.8 Å². The van der Waals surface area contributed by atoms with E-state index >= 15 is 0 Å². The number of anilines is 1. The van der Waals surface area contributed by atoms with Crippen LogP contribution >= 0.6 is 0 Å². The Balaban J connectivity index is 1.66. The lowest BCUT2D eigenvalue weighted by Gasteiger charge is -2.45. The molecule has 2 fully saturated rings. The van der Waals surface area contributed by atoms with E-state index in [1.807, 2.05) is 44.2 Å². The van der Waals surface area contributed by atoms with Crippen molar-refractivity contribution >= 4 is 17.6 Å².